The van der Waals surface area contributed by atoms with Crippen LogP contribution in [0.25, 0.3) is 0 Å². The van der Waals surface area contributed by atoms with Crippen LogP contribution >= 0.6 is 15.9 Å². The van der Waals surface area contributed by atoms with Gasteiger partial charge in [0.25, 0.3) is 5.69 Å². The van der Waals surface area contributed by atoms with Crippen molar-refractivity contribution in [2.75, 3.05) is 11.4 Å². The molecule has 0 atom stereocenters. The topological polar surface area (TPSA) is 46.4 Å². The molecule has 0 aromatic heterocycles. The highest BCUT2D eigenvalue weighted by molar-refractivity contribution is 9.10. The lowest BCUT2D eigenvalue weighted by molar-refractivity contribution is -0.384. The Labute approximate surface area is 122 Å². The van der Waals surface area contributed by atoms with Crippen molar-refractivity contribution in [3.05, 3.63) is 32.8 Å². The molecule has 0 heterocycles. The van der Waals surface area contributed by atoms with Gasteiger partial charge in [-0.25, -0.2) is 0 Å². The molecule has 0 bridgehead atoms. The molecular formula is C14H19BrN2O2. The minimum Gasteiger partial charge on any atom is -0.363 e. The lowest BCUT2D eigenvalue weighted by Crippen LogP contribution is -2.28. The molecule has 0 spiro atoms. The Balaban J connectivity index is 2.28. The van der Waals surface area contributed by atoms with Crippen LogP contribution < -0.4 is 4.90 Å². The van der Waals surface area contributed by atoms with Crippen LogP contribution in [0, 0.1) is 16.0 Å². The predicted octanol–water partition coefficient (Wildman–Crippen LogP) is 4.37. The van der Waals surface area contributed by atoms with E-state index in [2.05, 4.69) is 34.7 Å². The smallest absolute Gasteiger partial charge is 0.293 e. The standard InChI is InChI=1S/C14H19BrN2O2/c1-10(2)7-8-16(12-4-5-12)13-6-3-11(15)9-14(13)17(18)19/h3,6,9-10,12H,4-5,7-8H2,1-2H3. The van der Waals surface area contributed by atoms with E-state index in [1.165, 1.54) is 0 Å². The Kier molecular flexibility index (Phi) is 4.45. The Morgan fingerprint density at radius 1 is 1.47 bits per heavy atom. The van der Waals surface area contributed by atoms with Gasteiger partial charge in [-0.2, -0.15) is 0 Å². The summed E-state index contributed by atoms with van der Waals surface area (Å²) in [6, 6.07) is 5.83. The van der Waals surface area contributed by atoms with E-state index >= 15 is 0 Å². The Morgan fingerprint density at radius 3 is 2.68 bits per heavy atom. The van der Waals surface area contributed by atoms with Crippen molar-refractivity contribution < 1.29 is 4.92 Å². The van der Waals surface area contributed by atoms with E-state index in [1.54, 1.807) is 6.07 Å². The minimum absolute atomic E-state index is 0.199. The summed E-state index contributed by atoms with van der Waals surface area (Å²) in [7, 11) is 0. The number of rotatable bonds is 6. The molecule has 0 N–H and O–H groups in total. The molecule has 0 unspecified atom stereocenters. The van der Waals surface area contributed by atoms with Crippen LogP contribution in [0.2, 0.25) is 0 Å². The molecule has 1 saturated carbocycles. The molecule has 1 aliphatic rings. The third-order valence-electron chi connectivity index (χ3n) is 3.38. The fourth-order valence-electron chi connectivity index (χ4n) is 2.17. The first-order valence-electron chi connectivity index (χ1n) is 6.69. The van der Waals surface area contributed by atoms with E-state index in [-0.39, 0.29) is 10.6 Å². The maximum absolute atomic E-state index is 11.2. The van der Waals surface area contributed by atoms with Crippen LogP contribution in [0.4, 0.5) is 11.4 Å². The molecule has 1 aliphatic carbocycles. The van der Waals surface area contributed by atoms with Crippen molar-refractivity contribution in [3.8, 4) is 0 Å². The molecule has 1 aromatic carbocycles. The number of halogens is 1. The largest absolute Gasteiger partial charge is 0.363 e. The molecular weight excluding hydrogens is 308 g/mol. The molecule has 4 nitrogen and oxygen atoms in total. The molecule has 19 heavy (non-hydrogen) atoms. The first kappa shape index (κ1) is 14.3. The Hall–Kier alpha value is -1.10. The molecule has 104 valence electrons. The van der Waals surface area contributed by atoms with Gasteiger partial charge in [0.1, 0.15) is 5.69 Å². The van der Waals surface area contributed by atoms with E-state index in [4.69, 9.17) is 0 Å². The number of benzene rings is 1. The van der Waals surface area contributed by atoms with Crippen molar-refractivity contribution >= 4 is 27.3 Å². The quantitative estimate of drug-likeness (QED) is 0.576. The van der Waals surface area contributed by atoms with Crippen LogP contribution in [0.15, 0.2) is 22.7 Å². The predicted molar refractivity (Wildman–Crippen MR) is 80.6 cm³/mol. The average molecular weight is 327 g/mol. The zero-order valence-corrected chi connectivity index (χ0v) is 12.9. The summed E-state index contributed by atoms with van der Waals surface area (Å²) >= 11 is 3.31. The van der Waals surface area contributed by atoms with Crippen LogP contribution in [0.5, 0.6) is 0 Å². The van der Waals surface area contributed by atoms with E-state index < -0.39 is 0 Å². The molecule has 1 aromatic rings. The Bertz CT molecular complexity index is 473. The van der Waals surface area contributed by atoms with Crippen molar-refractivity contribution in [1.82, 2.24) is 0 Å². The highest BCUT2D eigenvalue weighted by Crippen LogP contribution is 2.38. The number of hydrogen-bond acceptors (Lipinski definition) is 3. The van der Waals surface area contributed by atoms with Gasteiger partial charge in [0.2, 0.25) is 0 Å². The first-order valence-corrected chi connectivity index (χ1v) is 7.49. The summed E-state index contributed by atoms with van der Waals surface area (Å²) in [5.41, 5.74) is 0.960. The van der Waals surface area contributed by atoms with Gasteiger partial charge >= 0.3 is 0 Å². The second-order valence-electron chi connectivity index (χ2n) is 5.50. The van der Waals surface area contributed by atoms with Crippen LogP contribution in [-0.4, -0.2) is 17.5 Å². The summed E-state index contributed by atoms with van der Waals surface area (Å²) in [5, 5.41) is 11.2. The molecule has 0 amide bonds. The SMILES string of the molecule is CC(C)CCN(c1ccc(Br)cc1[N+](=O)[O-])C1CC1. The van der Waals surface area contributed by atoms with Crippen LogP contribution in [-0.2, 0) is 0 Å². The average Bonchev–Trinajstić information content (AvgIpc) is 3.14. The number of nitro groups is 1. The van der Waals surface area contributed by atoms with Gasteiger partial charge in [-0.1, -0.05) is 29.8 Å². The summed E-state index contributed by atoms with van der Waals surface area (Å²) in [5.74, 6) is 0.607. The van der Waals surface area contributed by atoms with E-state index in [0.29, 0.717) is 12.0 Å². The van der Waals surface area contributed by atoms with Crippen LogP contribution in [0.1, 0.15) is 33.1 Å². The lowest BCUT2D eigenvalue weighted by Gasteiger charge is -2.25. The highest BCUT2D eigenvalue weighted by Gasteiger charge is 2.32. The molecule has 0 aliphatic heterocycles. The third kappa shape index (κ3) is 3.69. The van der Waals surface area contributed by atoms with Crippen molar-refractivity contribution in [3.63, 3.8) is 0 Å². The normalized spacial score (nSPS) is 14.7. The van der Waals surface area contributed by atoms with Crippen LogP contribution in [0.3, 0.4) is 0 Å². The first-order chi connectivity index (χ1) is 8.99. The summed E-state index contributed by atoms with van der Waals surface area (Å²) in [4.78, 5) is 13.1. The van der Waals surface area contributed by atoms with Gasteiger partial charge in [0.15, 0.2) is 0 Å². The van der Waals surface area contributed by atoms with Crippen molar-refractivity contribution in [1.29, 1.82) is 0 Å². The van der Waals surface area contributed by atoms with Gasteiger partial charge in [0.05, 0.1) is 4.92 Å². The highest BCUT2D eigenvalue weighted by atomic mass is 79.9. The number of anilines is 1. The number of nitrogens with zero attached hydrogens (tertiary/aromatic N) is 2. The second-order valence-corrected chi connectivity index (χ2v) is 6.41. The van der Waals surface area contributed by atoms with Gasteiger partial charge in [-0.05, 0) is 37.3 Å². The van der Waals surface area contributed by atoms with Crippen molar-refractivity contribution in [2.45, 2.75) is 39.2 Å². The molecule has 0 radical (unpaired) electrons. The molecule has 1 fully saturated rings. The summed E-state index contributed by atoms with van der Waals surface area (Å²) in [6.45, 7) is 5.26. The fourth-order valence-corrected chi connectivity index (χ4v) is 2.52. The fraction of sp³-hybridized carbons (Fsp3) is 0.571. The minimum atomic E-state index is -0.287. The zero-order chi connectivity index (χ0) is 14.0. The number of nitro benzene ring substituents is 1. The zero-order valence-electron chi connectivity index (χ0n) is 11.3. The van der Waals surface area contributed by atoms with Gasteiger partial charge in [-0.15, -0.1) is 0 Å². The van der Waals surface area contributed by atoms with E-state index in [0.717, 1.165) is 36.0 Å². The lowest BCUT2D eigenvalue weighted by atomic mass is 10.1. The summed E-state index contributed by atoms with van der Waals surface area (Å²) < 4.78 is 0.752. The van der Waals surface area contributed by atoms with Gasteiger partial charge in [0, 0.05) is 23.1 Å². The van der Waals surface area contributed by atoms with Crippen molar-refractivity contribution in [2.24, 2.45) is 5.92 Å². The van der Waals surface area contributed by atoms with E-state index in [1.807, 2.05) is 12.1 Å². The maximum Gasteiger partial charge on any atom is 0.293 e. The second kappa shape index (κ2) is 5.90. The Morgan fingerprint density at radius 2 is 2.16 bits per heavy atom. The van der Waals surface area contributed by atoms with E-state index in [9.17, 15) is 10.1 Å². The van der Waals surface area contributed by atoms with Gasteiger partial charge in [-0.3, -0.25) is 10.1 Å². The van der Waals surface area contributed by atoms with Gasteiger partial charge < -0.3 is 4.90 Å². The molecule has 0 saturated heterocycles. The molecule has 5 heteroatoms. The monoisotopic (exact) mass is 326 g/mol. The maximum atomic E-state index is 11.2. The molecule has 2 rings (SSSR count). The number of hydrogen-bond donors (Lipinski definition) is 0. The summed E-state index contributed by atoms with van der Waals surface area (Å²) in [6.07, 6.45) is 3.35. The third-order valence-corrected chi connectivity index (χ3v) is 3.87.